The van der Waals surface area contributed by atoms with Crippen molar-refractivity contribution >= 4 is 17.2 Å². The summed E-state index contributed by atoms with van der Waals surface area (Å²) in [6.07, 6.45) is 6.12. The Morgan fingerprint density at radius 2 is 2.35 bits per heavy atom. The van der Waals surface area contributed by atoms with Gasteiger partial charge in [0, 0.05) is 36.1 Å². The van der Waals surface area contributed by atoms with E-state index in [-0.39, 0.29) is 5.91 Å². The summed E-state index contributed by atoms with van der Waals surface area (Å²) in [6.45, 7) is 5.55. The summed E-state index contributed by atoms with van der Waals surface area (Å²) in [5.74, 6) is 0.0704. The number of amides is 1. The first-order chi connectivity index (χ1) is 9.69. The third kappa shape index (κ3) is 4.16. The van der Waals surface area contributed by atoms with Crippen LogP contribution in [-0.4, -0.2) is 20.7 Å². The molecule has 1 amide bonds. The summed E-state index contributed by atoms with van der Waals surface area (Å²) in [6, 6.07) is 0. The lowest BCUT2D eigenvalue weighted by atomic mass is 10.2. The number of carbonyl (C=O) groups excluding carboxylic acids is 1. The molecule has 2 aromatic heterocycles. The van der Waals surface area contributed by atoms with Crippen molar-refractivity contribution in [3.8, 4) is 0 Å². The Hall–Kier alpha value is -1.69. The van der Waals surface area contributed by atoms with Gasteiger partial charge in [-0.1, -0.05) is 6.92 Å². The molecule has 0 saturated heterocycles. The van der Waals surface area contributed by atoms with Crippen LogP contribution in [0.4, 0.5) is 0 Å². The second-order valence-electron chi connectivity index (χ2n) is 4.75. The lowest BCUT2D eigenvalue weighted by molar-refractivity contribution is -0.121. The molecule has 108 valence electrons. The minimum absolute atomic E-state index is 0.0704. The third-order valence-corrected chi connectivity index (χ3v) is 4.05. The highest BCUT2D eigenvalue weighted by Crippen LogP contribution is 2.14. The van der Waals surface area contributed by atoms with Crippen molar-refractivity contribution in [2.75, 3.05) is 0 Å². The standard InChI is InChI=1S/C14H20N4OS/c1-3-6-18-9-12(8-17-18)7-15-14(19)5-4-13-11(2)16-10-20-13/h8-10H,3-7H2,1-2H3,(H,15,19). The first-order valence-electron chi connectivity index (χ1n) is 6.86. The van der Waals surface area contributed by atoms with Crippen LogP contribution < -0.4 is 5.32 Å². The fourth-order valence-corrected chi connectivity index (χ4v) is 2.71. The van der Waals surface area contributed by atoms with Gasteiger partial charge in [0.25, 0.3) is 0 Å². The quantitative estimate of drug-likeness (QED) is 0.852. The zero-order valence-corrected chi connectivity index (χ0v) is 12.7. The molecule has 0 bridgehead atoms. The van der Waals surface area contributed by atoms with E-state index in [2.05, 4.69) is 22.3 Å². The largest absolute Gasteiger partial charge is 0.352 e. The zero-order valence-electron chi connectivity index (χ0n) is 11.9. The summed E-state index contributed by atoms with van der Waals surface area (Å²) in [5, 5.41) is 7.17. The normalized spacial score (nSPS) is 10.7. The van der Waals surface area contributed by atoms with Crippen LogP contribution in [0.15, 0.2) is 17.9 Å². The van der Waals surface area contributed by atoms with Crippen LogP contribution in [0.25, 0.3) is 0 Å². The number of hydrogen-bond acceptors (Lipinski definition) is 4. The highest BCUT2D eigenvalue weighted by Gasteiger charge is 2.06. The van der Waals surface area contributed by atoms with E-state index in [0.717, 1.165) is 30.6 Å². The molecule has 0 unspecified atom stereocenters. The minimum Gasteiger partial charge on any atom is -0.352 e. The molecule has 5 nitrogen and oxygen atoms in total. The van der Waals surface area contributed by atoms with E-state index in [1.165, 1.54) is 4.88 Å². The maximum Gasteiger partial charge on any atom is 0.220 e. The van der Waals surface area contributed by atoms with Crippen molar-refractivity contribution in [3.63, 3.8) is 0 Å². The number of aromatic nitrogens is 3. The molecule has 0 spiro atoms. The maximum atomic E-state index is 11.8. The molecule has 1 N–H and O–H groups in total. The molecular formula is C14H20N4OS. The fourth-order valence-electron chi connectivity index (χ4n) is 1.93. The van der Waals surface area contributed by atoms with Crippen LogP contribution in [0.5, 0.6) is 0 Å². The SMILES string of the molecule is CCCn1cc(CNC(=O)CCc2scnc2C)cn1. The molecule has 0 radical (unpaired) electrons. The highest BCUT2D eigenvalue weighted by atomic mass is 32.1. The lowest BCUT2D eigenvalue weighted by Gasteiger charge is -2.03. The van der Waals surface area contributed by atoms with Crippen molar-refractivity contribution in [1.82, 2.24) is 20.1 Å². The van der Waals surface area contributed by atoms with Gasteiger partial charge in [0.15, 0.2) is 0 Å². The van der Waals surface area contributed by atoms with Crippen molar-refractivity contribution in [3.05, 3.63) is 34.0 Å². The van der Waals surface area contributed by atoms with E-state index in [1.54, 1.807) is 11.3 Å². The second kappa shape index (κ2) is 7.19. The van der Waals surface area contributed by atoms with E-state index in [1.807, 2.05) is 29.5 Å². The van der Waals surface area contributed by atoms with Crippen LogP contribution in [0, 0.1) is 6.92 Å². The summed E-state index contributed by atoms with van der Waals surface area (Å²) < 4.78 is 1.90. The van der Waals surface area contributed by atoms with E-state index in [9.17, 15) is 4.79 Å². The van der Waals surface area contributed by atoms with Crippen molar-refractivity contribution in [2.45, 2.75) is 46.2 Å². The highest BCUT2D eigenvalue weighted by molar-refractivity contribution is 7.09. The van der Waals surface area contributed by atoms with E-state index in [4.69, 9.17) is 0 Å². The Morgan fingerprint density at radius 1 is 1.50 bits per heavy atom. The first-order valence-corrected chi connectivity index (χ1v) is 7.74. The van der Waals surface area contributed by atoms with Gasteiger partial charge < -0.3 is 5.32 Å². The number of nitrogens with zero attached hydrogens (tertiary/aromatic N) is 3. The van der Waals surface area contributed by atoms with Crippen molar-refractivity contribution in [1.29, 1.82) is 0 Å². The van der Waals surface area contributed by atoms with Crippen LogP contribution in [-0.2, 0) is 24.3 Å². The Morgan fingerprint density at radius 3 is 3.05 bits per heavy atom. The number of carbonyl (C=O) groups is 1. The number of nitrogens with one attached hydrogen (secondary N) is 1. The van der Waals surface area contributed by atoms with E-state index < -0.39 is 0 Å². The van der Waals surface area contributed by atoms with Crippen LogP contribution in [0.1, 0.15) is 35.9 Å². The molecule has 0 saturated carbocycles. The van der Waals surface area contributed by atoms with Gasteiger partial charge in [-0.2, -0.15) is 5.10 Å². The zero-order chi connectivity index (χ0) is 14.4. The summed E-state index contributed by atoms with van der Waals surface area (Å²) in [7, 11) is 0. The molecular weight excluding hydrogens is 272 g/mol. The third-order valence-electron chi connectivity index (χ3n) is 3.05. The van der Waals surface area contributed by atoms with Gasteiger partial charge in [0.2, 0.25) is 5.91 Å². The average molecular weight is 292 g/mol. The van der Waals surface area contributed by atoms with Crippen LogP contribution in [0.2, 0.25) is 0 Å². The van der Waals surface area contributed by atoms with Gasteiger partial charge in [-0.25, -0.2) is 4.98 Å². The Balaban J connectivity index is 1.73. The second-order valence-corrected chi connectivity index (χ2v) is 5.69. The summed E-state index contributed by atoms with van der Waals surface area (Å²) in [5.41, 5.74) is 3.90. The summed E-state index contributed by atoms with van der Waals surface area (Å²) >= 11 is 1.61. The molecule has 0 aliphatic heterocycles. The van der Waals surface area contributed by atoms with Crippen molar-refractivity contribution < 1.29 is 4.79 Å². The predicted molar refractivity (Wildman–Crippen MR) is 79.5 cm³/mol. The fraction of sp³-hybridized carbons (Fsp3) is 0.500. The van der Waals surface area contributed by atoms with Gasteiger partial charge >= 0.3 is 0 Å². The summed E-state index contributed by atoms with van der Waals surface area (Å²) in [4.78, 5) is 17.2. The molecule has 2 rings (SSSR count). The van der Waals surface area contributed by atoms with Gasteiger partial charge in [-0.3, -0.25) is 9.48 Å². The molecule has 0 aliphatic rings. The molecule has 0 aromatic carbocycles. The molecule has 2 aromatic rings. The molecule has 0 atom stereocenters. The van der Waals surface area contributed by atoms with Crippen molar-refractivity contribution in [2.24, 2.45) is 0 Å². The topological polar surface area (TPSA) is 59.8 Å². The van der Waals surface area contributed by atoms with Gasteiger partial charge in [0.05, 0.1) is 17.4 Å². The number of rotatable bonds is 7. The molecule has 2 heterocycles. The van der Waals surface area contributed by atoms with Crippen LogP contribution in [0.3, 0.4) is 0 Å². The van der Waals surface area contributed by atoms with E-state index >= 15 is 0 Å². The van der Waals surface area contributed by atoms with E-state index in [0.29, 0.717) is 13.0 Å². The Labute approximate surface area is 123 Å². The lowest BCUT2D eigenvalue weighted by Crippen LogP contribution is -2.22. The molecule has 0 fully saturated rings. The number of thiazole rings is 1. The monoisotopic (exact) mass is 292 g/mol. The molecule has 20 heavy (non-hydrogen) atoms. The van der Waals surface area contributed by atoms with Gasteiger partial charge in [-0.05, 0) is 19.8 Å². The maximum absolute atomic E-state index is 11.8. The van der Waals surface area contributed by atoms with Gasteiger partial charge in [-0.15, -0.1) is 11.3 Å². The first kappa shape index (κ1) is 14.7. The Kier molecular flexibility index (Phi) is 5.29. The van der Waals surface area contributed by atoms with Gasteiger partial charge in [0.1, 0.15) is 0 Å². The number of aryl methyl sites for hydroxylation is 3. The smallest absolute Gasteiger partial charge is 0.220 e. The molecule has 6 heteroatoms. The van der Waals surface area contributed by atoms with Crippen LogP contribution >= 0.6 is 11.3 Å². The Bertz CT molecular complexity index is 561. The molecule has 0 aliphatic carbocycles. The number of hydrogen-bond donors (Lipinski definition) is 1. The predicted octanol–water partition coefficient (Wildman–Crippen LogP) is 2.31. The average Bonchev–Trinajstić information content (AvgIpc) is 3.04. The minimum atomic E-state index is 0.0704.